The number of esters is 1. The second kappa shape index (κ2) is 11.1. The van der Waals surface area contributed by atoms with E-state index in [1.807, 2.05) is 25.1 Å². The summed E-state index contributed by atoms with van der Waals surface area (Å²) in [5, 5.41) is 4.48. The SMILES string of the molecule is CCN(C(=O)COC(=O)c1cc(OC)c(OC)cc1NC(=O)c1cccs1)c1ccccc1. The minimum atomic E-state index is -0.783. The molecule has 0 aliphatic rings. The number of rotatable bonds is 9. The molecule has 1 N–H and O–H groups in total. The van der Waals surface area contributed by atoms with Gasteiger partial charge >= 0.3 is 5.97 Å². The van der Waals surface area contributed by atoms with E-state index in [0.717, 1.165) is 0 Å². The molecule has 0 saturated heterocycles. The maximum absolute atomic E-state index is 12.9. The van der Waals surface area contributed by atoms with E-state index in [4.69, 9.17) is 14.2 Å². The van der Waals surface area contributed by atoms with Gasteiger partial charge in [-0.05, 0) is 30.5 Å². The lowest BCUT2D eigenvalue weighted by molar-refractivity contribution is -0.121. The number of nitrogens with one attached hydrogen (secondary N) is 1. The van der Waals surface area contributed by atoms with E-state index in [9.17, 15) is 14.4 Å². The molecule has 172 valence electrons. The number of methoxy groups -OCH3 is 2. The third-order valence-corrected chi connectivity index (χ3v) is 5.62. The Kier molecular flexibility index (Phi) is 8.04. The Hall–Kier alpha value is -3.85. The number of ether oxygens (including phenoxy) is 3. The van der Waals surface area contributed by atoms with Crippen molar-refractivity contribution in [3.63, 3.8) is 0 Å². The molecule has 0 fully saturated rings. The fourth-order valence-electron chi connectivity index (χ4n) is 3.14. The minimum Gasteiger partial charge on any atom is -0.493 e. The number of nitrogens with zero attached hydrogens (tertiary/aromatic N) is 1. The molecule has 1 aromatic heterocycles. The van der Waals surface area contributed by atoms with Crippen LogP contribution in [0.3, 0.4) is 0 Å². The third-order valence-electron chi connectivity index (χ3n) is 4.75. The first-order chi connectivity index (χ1) is 16.0. The molecule has 0 atom stereocenters. The van der Waals surface area contributed by atoms with Crippen molar-refractivity contribution in [2.75, 3.05) is 37.6 Å². The van der Waals surface area contributed by atoms with E-state index in [1.165, 1.54) is 42.6 Å². The normalized spacial score (nSPS) is 10.3. The lowest BCUT2D eigenvalue weighted by atomic mass is 10.1. The molecule has 2 amide bonds. The van der Waals surface area contributed by atoms with Gasteiger partial charge in [-0.15, -0.1) is 11.3 Å². The van der Waals surface area contributed by atoms with Crippen molar-refractivity contribution in [1.82, 2.24) is 0 Å². The Bertz CT molecular complexity index is 1120. The Morgan fingerprint density at radius 1 is 0.970 bits per heavy atom. The summed E-state index contributed by atoms with van der Waals surface area (Å²) in [6.07, 6.45) is 0. The van der Waals surface area contributed by atoms with Crippen LogP contribution in [0.15, 0.2) is 60.0 Å². The van der Waals surface area contributed by atoms with Gasteiger partial charge in [-0.3, -0.25) is 9.59 Å². The molecule has 33 heavy (non-hydrogen) atoms. The maximum atomic E-state index is 12.9. The summed E-state index contributed by atoms with van der Waals surface area (Å²) in [4.78, 5) is 40.2. The molecular formula is C24H24N2O6S. The molecule has 0 unspecified atom stereocenters. The van der Waals surface area contributed by atoms with Gasteiger partial charge < -0.3 is 24.4 Å². The van der Waals surface area contributed by atoms with Gasteiger partial charge in [0.2, 0.25) is 0 Å². The number of hydrogen-bond donors (Lipinski definition) is 1. The topological polar surface area (TPSA) is 94.2 Å². The molecule has 1 heterocycles. The van der Waals surface area contributed by atoms with E-state index >= 15 is 0 Å². The molecule has 3 aromatic rings. The van der Waals surface area contributed by atoms with Crippen LogP contribution < -0.4 is 19.7 Å². The van der Waals surface area contributed by atoms with Gasteiger partial charge in [0.25, 0.3) is 11.8 Å². The quantitative estimate of drug-likeness (QED) is 0.473. The van der Waals surface area contributed by atoms with Crippen LogP contribution in [0.2, 0.25) is 0 Å². The summed E-state index contributed by atoms with van der Waals surface area (Å²) >= 11 is 1.27. The lowest BCUT2D eigenvalue weighted by Gasteiger charge is -2.21. The highest BCUT2D eigenvalue weighted by molar-refractivity contribution is 7.12. The minimum absolute atomic E-state index is 0.0353. The highest BCUT2D eigenvalue weighted by Crippen LogP contribution is 2.34. The molecule has 0 aliphatic carbocycles. The van der Waals surface area contributed by atoms with Crippen molar-refractivity contribution in [2.45, 2.75) is 6.92 Å². The lowest BCUT2D eigenvalue weighted by Crippen LogP contribution is -2.34. The fourth-order valence-corrected chi connectivity index (χ4v) is 3.76. The van der Waals surface area contributed by atoms with Crippen LogP contribution >= 0.6 is 11.3 Å². The Morgan fingerprint density at radius 2 is 1.67 bits per heavy atom. The smallest absolute Gasteiger partial charge is 0.340 e. The predicted molar refractivity (Wildman–Crippen MR) is 127 cm³/mol. The van der Waals surface area contributed by atoms with E-state index in [1.54, 1.807) is 29.6 Å². The number of para-hydroxylation sites is 1. The summed E-state index contributed by atoms with van der Waals surface area (Å²) in [6, 6.07) is 15.4. The number of anilines is 2. The van der Waals surface area contributed by atoms with E-state index < -0.39 is 12.6 Å². The van der Waals surface area contributed by atoms with Crippen LogP contribution in [0, 0.1) is 0 Å². The van der Waals surface area contributed by atoms with Crippen LogP contribution in [0.1, 0.15) is 27.0 Å². The average Bonchev–Trinajstić information content (AvgIpc) is 3.38. The first kappa shape index (κ1) is 23.8. The van der Waals surface area contributed by atoms with Gasteiger partial charge in [-0.2, -0.15) is 0 Å². The average molecular weight is 469 g/mol. The number of benzene rings is 2. The molecule has 0 saturated carbocycles. The summed E-state index contributed by atoms with van der Waals surface area (Å²) in [6.45, 7) is 1.78. The van der Waals surface area contributed by atoms with Gasteiger partial charge in [0.05, 0.1) is 30.3 Å². The van der Waals surface area contributed by atoms with Gasteiger partial charge in [0, 0.05) is 24.4 Å². The number of carbonyl (C=O) groups excluding carboxylic acids is 3. The third kappa shape index (κ3) is 5.69. The number of thiophene rings is 1. The monoisotopic (exact) mass is 468 g/mol. The van der Waals surface area contributed by atoms with Crippen molar-refractivity contribution in [3.05, 3.63) is 70.4 Å². The molecule has 0 bridgehead atoms. The fraction of sp³-hybridized carbons (Fsp3) is 0.208. The predicted octanol–water partition coefficient (Wildman–Crippen LogP) is 4.23. The Morgan fingerprint density at radius 3 is 2.27 bits per heavy atom. The number of hydrogen-bond acceptors (Lipinski definition) is 7. The Balaban J connectivity index is 1.81. The largest absolute Gasteiger partial charge is 0.493 e. The summed E-state index contributed by atoms with van der Waals surface area (Å²) < 4.78 is 15.9. The second-order valence-corrected chi connectivity index (χ2v) is 7.68. The van der Waals surface area contributed by atoms with Crippen molar-refractivity contribution < 1.29 is 28.6 Å². The molecule has 9 heteroatoms. The van der Waals surface area contributed by atoms with Crippen molar-refractivity contribution in [2.24, 2.45) is 0 Å². The molecule has 3 rings (SSSR count). The van der Waals surface area contributed by atoms with Crippen molar-refractivity contribution in [3.8, 4) is 11.5 Å². The maximum Gasteiger partial charge on any atom is 0.340 e. The second-order valence-electron chi connectivity index (χ2n) is 6.73. The zero-order chi connectivity index (χ0) is 23.8. The molecule has 8 nitrogen and oxygen atoms in total. The van der Waals surface area contributed by atoms with Crippen molar-refractivity contribution >= 4 is 40.5 Å². The zero-order valence-electron chi connectivity index (χ0n) is 18.5. The molecule has 0 aliphatic heterocycles. The van der Waals surface area contributed by atoms with Gasteiger partial charge in [-0.1, -0.05) is 24.3 Å². The summed E-state index contributed by atoms with van der Waals surface area (Å²) in [7, 11) is 2.88. The van der Waals surface area contributed by atoms with Crippen LogP contribution in [0.5, 0.6) is 11.5 Å². The molecular weight excluding hydrogens is 444 g/mol. The number of amides is 2. The number of carbonyl (C=O) groups is 3. The first-order valence-electron chi connectivity index (χ1n) is 10.1. The van der Waals surface area contributed by atoms with E-state index in [-0.39, 0.29) is 28.8 Å². The Labute approximate surface area is 195 Å². The van der Waals surface area contributed by atoms with E-state index in [2.05, 4.69) is 5.32 Å². The van der Waals surface area contributed by atoms with Crippen LogP contribution in [-0.2, 0) is 9.53 Å². The van der Waals surface area contributed by atoms with Crippen LogP contribution in [0.25, 0.3) is 0 Å². The van der Waals surface area contributed by atoms with Gasteiger partial charge in [-0.25, -0.2) is 4.79 Å². The van der Waals surface area contributed by atoms with E-state index in [0.29, 0.717) is 22.9 Å². The number of likely N-dealkylation sites (N-methyl/N-ethyl adjacent to an activating group) is 1. The zero-order valence-corrected chi connectivity index (χ0v) is 19.3. The molecule has 0 radical (unpaired) electrons. The highest BCUT2D eigenvalue weighted by Gasteiger charge is 2.22. The molecule has 2 aromatic carbocycles. The van der Waals surface area contributed by atoms with Crippen LogP contribution in [-0.4, -0.2) is 45.2 Å². The van der Waals surface area contributed by atoms with Gasteiger partial charge in [0.1, 0.15) is 0 Å². The first-order valence-corrected chi connectivity index (χ1v) is 11.0. The molecule has 0 spiro atoms. The van der Waals surface area contributed by atoms with Gasteiger partial charge in [0.15, 0.2) is 18.1 Å². The van der Waals surface area contributed by atoms with Crippen LogP contribution in [0.4, 0.5) is 11.4 Å². The summed E-state index contributed by atoms with van der Waals surface area (Å²) in [5.74, 6) is -0.933. The highest BCUT2D eigenvalue weighted by atomic mass is 32.1. The van der Waals surface area contributed by atoms with Crippen molar-refractivity contribution in [1.29, 1.82) is 0 Å². The summed E-state index contributed by atoms with van der Waals surface area (Å²) in [5.41, 5.74) is 0.920. The standard InChI is InChI=1S/C24H24N2O6S/c1-4-26(16-9-6-5-7-10-16)22(27)15-32-24(29)17-13-19(30-2)20(31-3)14-18(17)25-23(28)21-11-8-12-33-21/h5-14H,4,15H2,1-3H3,(H,25,28).